The number of para-hydroxylation sites is 1. The zero-order valence-electron chi connectivity index (χ0n) is 10.8. The SMILES string of the molecule is C/C(=N\NC(=O)c1ccccc1O)c1ccc(Br)cc1. The Morgan fingerprint density at radius 2 is 1.80 bits per heavy atom. The van der Waals surface area contributed by atoms with Crippen LogP contribution in [0.4, 0.5) is 0 Å². The van der Waals surface area contributed by atoms with Crippen molar-refractivity contribution in [2.45, 2.75) is 6.92 Å². The summed E-state index contributed by atoms with van der Waals surface area (Å²) in [7, 11) is 0. The fourth-order valence-corrected chi connectivity index (χ4v) is 1.88. The quantitative estimate of drug-likeness (QED) is 0.669. The van der Waals surface area contributed by atoms with Gasteiger partial charge >= 0.3 is 0 Å². The molecule has 2 N–H and O–H groups in total. The van der Waals surface area contributed by atoms with Gasteiger partial charge in [-0.25, -0.2) is 5.43 Å². The topological polar surface area (TPSA) is 61.7 Å². The van der Waals surface area contributed by atoms with Crippen molar-refractivity contribution in [3.8, 4) is 5.75 Å². The molecule has 0 aliphatic carbocycles. The predicted molar refractivity (Wildman–Crippen MR) is 81.9 cm³/mol. The minimum absolute atomic E-state index is 0.0681. The molecule has 2 aromatic carbocycles. The normalized spacial score (nSPS) is 11.2. The number of hydrazone groups is 1. The summed E-state index contributed by atoms with van der Waals surface area (Å²) < 4.78 is 0.979. The van der Waals surface area contributed by atoms with Gasteiger partial charge in [0, 0.05) is 4.47 Å². The third kappa shape index (κ3) is 3.45. The van der Waals surface area contributed by atoms with E-state index in [1.165, 1.54) is 12.1 Å². The van der Waals surface area contributed by atoms with E-state index in [1.807, 2.05) is 24.3 Å². The fourth-order valence-electron chi connectivity index (χ4n) is 1.62. The number of phenols is 1. The number of rotatable bonds is 3. The zero-order chi connectivity index (χ0) is 14.5. The van der Waals surface area contributed by atoms with Crippen molar-refractivity contribution >= 4 is 27.5 Å². The summed E-state index contributed by atoms with van der Waals surface area (Å²) in [6.45, 7) is 1.80. The van der Waals surface area contributed by atoms with Crippen molar-refractivity contribution < 1.29 is 9.90 Å². The zero-order valence-corrected chi connectivity index (χ0v) is 12.4. The monoisotopic (exact) mass is 332 g/mol. The molecule has 0 bridgehead atoms. The van der Waals surface area contributed by atoms with Crippen LogP contribution in [0, 0.1) is 0 Å². The predicted octanol–water partition coefficient (Wildman–Crippen LogP) is 3.31. The van der Waals surface area contributed by atoms with Crippen LogP contribution >= 0.6 is 15.9 Å². The highest BCUT2D eigenvalue weighted by atomic mass is 79.9. The van der Waals surface area contributed by atoms with Gasteiger partial charge in [-0.2, -0.15) is 5.10 Å². The average Bonchev–Trinajstić information content (AvgIpc) is 2.45. The average molecular weight is 333 g/mol. The van der Waals surface area contributed by atoms with E-state index >= 15 is 0 Å². The van der Waals surface area contributed by atoms with Gasteiger partial charge in [0.05, 0.1) is 11.3 Å². The third-order valence-corrected chi connectivity index (χ3v) is 3.26. The molecule has 0 radical (unpaired) electrons. The molecular formula is C15H13BrN2O2. The van der Waals surface area contributed by atoms with Crippen LogP contribution < -0.4 is 5.43 Å². The summed E-state index contributed by atoms with van der Waals surface area (Å²) >= 11 is 3.36. The highest BCUT2D eigenvalue weighted by Gasteiger charge is 2.09. The Morgan fingerprint density at radius 3 is 2.45 bits per heavy atom. The van der Waals surface area contributed by atoms with Gasteiger partial charge in [0.15, 0.2) is 0 Å². The Bertz CT molecular complexity index is 651. The van der Waals surface area contributed by atoms with Gasteiger partial charge in [0.25, 0.3) is 5.91 Å². The van der Waals surface area contributed by atoms with Gasteiger partial charge in [0.1, 0.15) is 5.75 Å². The minimum atomic E-state index is -0.445. The third-order valence-electron chi connectivity index (χ3n) is 2.74. The van der Waals surface area contributed by atoms with Crippen LogP contribution in [0.2, 0.25) is 0 Å². The smallest absolute Gasteiger partial charge is 0.275 e. The maximum atomic E-state index is 11.9. The molecule has 0 saturated heterocycles. The Balaban J connectivity index is 2.11. The second kappa shape index (κ2) is 6.34. The summed E-state index contributed by atoms with van der Waals surface area (Å²) in [6.07, 6.45) is 0. The maximum absolute atomic E-state index is 11.9. The summed E-state index contributed by atoms with van der Waals surface area (Å²) in [5.41, 5.74) is 4.21. The second-order valence-electron chi connectivity index (χ2n) is 4.16. The summed E-state index contributed by atoms with van der Waals surface area (Å²) in [5.74, 6) is -0.513. The molecule has 5 heteroatoms. The molecule has 0 aliphatic rings. The lowest BCUT2D eigenvalue weighted by Crippen LogP contribution is -2.19. The van der Waals surface area contributed by atoms with Gasteiger partial charge in [-0.3, -0.25) is 4.79 Å². The standard InChI is InChI=1S/C15H13BrN2O2/c1-10(11-6-8-12(16)9-7-11)17-18-15(20)13-4-2-3-5-14(13)19/h2-9,19H,1H3,(H,18,20)/b17-10+. The number of benzene rings is 2. The molecule has 0 saturated carbocycles. The molecular weight excluding hydrogens is 320 g/mol. The van der Waals surface area contributed by atoms with Crippen LogP contribution in [0.25, 0.3) is 0 Å². The van der Waals surface area contributed by atoms with E-state index in [2.05, 4.69) is 26.5 Å². The Kier molecular flexibility index (Phi) is 4.53. The number of carbonyl (C=O) groups excluding carboxylic acids is 1. The van der Waals surface area contributed by atoms with Gasteiger partial charge in [-0.15, -0.1) is 0 Å². The van der Waals surface area contributed by atoms with Gasteiger partial charge in [0.2, 0.25) is 0 Å². The van der Waals surface area contributed by atoms with Crippen molar-refractivity contribution in [1.29, 1.82) is 0 Å². The van der Waals surface area contributed by atoms with Crippen molar-refractivity contribution in [1.82, 2.24) is 5.43 Å². The first-order chi connectivity index (χ1) is 9.58. The molecule has 2 rings (SSSR count). The van der Waals surface area contributed by atoms with Crippen LogP contribution in [-0.4, -0.2) is 16.7 Å². The van der Waals surface area contributed by atoms with Crippen LogP contribution in [0.15, 0.2) is 58.1 Å². The van der Waals surface area contributed by atoms with E-state index < -0.39 is 5.91 Å². The van der Waals surface area contributed by atoms with Crippen molar-refractivity contribution in [2.75, 3.05) is 0 Å². The lowest BCUT2D eigenvalue weighted by Gasteiger charge is -2.04. The molecule has 20 heavy (non-hydrogen) atoms. The molecule has 1 amide bonds. The Morgan fingerprint density at radius 1 is 1.15 bits per heavy atom. The fraction of sp³-hybridized carbons (Fsp3) is 0.0667. The molecule has 2 aromatic rings. The number of phenolic OH excluding ortho intramolecular Hbond substituents is 1. The number of nitrogens with one attached hydrogen (secondary N) is 1. The highest BCUT2D eigenvalue weighted by Crippen LogP contribution is 2.15. The minimum Gasteiger partial charge on any atom is -0.507 e. The van der Waals surface area contributed by atoms with Crippen LogP contribution in [-0.2, 0) is 0 Å². The molecule has 0 heterocycles. The molecule has 0 aromatic heterocycles. The van der Waals surface area contributed by atoms with Crippen LogP contribution in [0.5, 0.6) is 5.75 Å². The number of nitrogens with zero attached hydrogens (tertiary/aromatic N) is 1. The Hall–Kier alpha value is -2.14. The van der Waals surface area contributed by atoms with E-state index in [9.17, 15) is 9.90 Å². The van der Waals surface area contributed by atoms with Crippen molar-refractivity contribution in [3.63, 3.8) is 0 Å². The summed E-state index contributed by atoms with van der Waals surface area (Å²) in [4.78, 5) is 11.9. The molecule has 0 unspecified atom stereocenters. The largest absolute Gasteiger partial charge is 0.507 e. The van der Waals surface area contributed by atoms with Gasteiger partial charge in [-0.1, -0.05) is 40.2 Å². The van der Waals surface area contributed by atoms with E-state index in [4.69, 9.17) is 0 Å². The Labute approximate surface area is 125 Å². The van der Waals surface area contributed by atoms with Gasteiger partial charge < -0.3 is 5.11 Å². The molecule has 102 valence electrons. The van der Waals surface area contributed by atoms with E-state index in [0.29, 0.717) is 5.71 Å². The number of hydrogen-bond donors (Lipinski definition) is 2. The number of hydrogen-bond acceptors (Lipinski definition) is 3. The van der Waals surface area contributed by atoms with Gasteiger partial charge in [-0.05, 0) is 36.8 Å². The number of aromatic hydroxyl groups is 1. The summed E-state index contributed by atoms with van der Waals surface area (Å²) in [5, 5.41) is 13.6. The van der Waals surface area contributed by atoms with Crippen molar-refractivity contribution in [2.24, 2.45) is 5.10 Å². The molecule has 0 spiro atoms. The number of halogens is 1. The maximum Gasteiger partial charge on any atom is 0.275 e. The first-order valence-corrected chi connectivity index (χ1v) is 6.76. The lowest BCUT2D eigenvalue weighted by atomic mass is 10.1. The number of amides is 1. The summed E-state index contributed by atoms with van der Waals surface area (Å²) in [6, 6.07) is 13.9. The van der Waals surface area contributed by atoms with E-state index in [1.54, 1.807) is 19.1 Å². The van der Waals surface area contributed by atoms with Crippen LogP contribution in [0.3, 0.4) is 0 Å². The number of carbonyl (C=O) groups is 1. The first-order valence-electron chi connectivity index (χ1n) is 5.96. The second-order valence-corrected chi connectivity index (χ2v) is 5.08. The lowest BCUT2D eigenvalue weighted by molar-refractivity contribution is 0.0952. The first kappa shape index (κ1) is 14.3. The molecule has 0 fully saturated rings. The van der Waals surface area contributed by atoms with Crippen LogP contribution in [0.1, 0.15) is 22.8 Å². The van der Waals surface area contributed by atoms with Crippen molar-refractivity contribution in [3.05, 3.63) is 64.1 Å². The molecule has 4 nitrogen and oxygen atoms in total. The molecule has 0 aliphatic heterocycles. The highest BCUT2D eigenvalue weighted by molar-refractivity contribution is 9.10. The van der Waals surface area contributed by atoms with E-state index in [0.717, 1.165) is 10.0 Å². The van der Waals surface area contributed by atoms with E-state index in [-0.39, 0.29) is 11.3 Å². The molecule has 0 atom stereocenters.